The molecule has 14 nitrogen and oxygen atoms in total. The van der Waals surface area contributed by atoms with Gasteiger partial charge in [-0.2, -0.15) is 0 Å². The van der Waals surface area contributed by atoms with E-state index in [-0.39, 0.29) is 23.0 Å². The van der Waals surface area contributed by atoms with E-state index in [0.717, 1.165) is 0 Å². The molecule has 0 radical (unpaired) electrons. The largest absolute Gasteiger partial charge is 0.504 e. The normalized spacial score (nSPS) is 13.5. The lowest BCUT2D eigenvalue weighted by atomic mass is 9.97. The van der Waals surface area contributed by atoms with E-state index in [1.54, 1.807) is 126 Å². The number of aromatic hydroxyl groups is 2. The molecular formula is C48H54O14. The molecule has 0 aliphatic rings. The minimum absolute atomic E-state index is 0.0563. The summed E-state index contributed by atoms with van der Waals surface area (Å²) in [5.41, 5.74) is 3.30. The van der Waals surface area contributed by atoms with Gasteiger partial charge >= 0.3 is 0 Å². The predicted octanol–water partition coefficient (Wildman–Crippen LogP) is 6.82. The molecule has 0 spiro atoms. The number of rotatable bonds is 15. The Morgan fingerprint density at radius 3 is 0.661 bits per heavy atom. The summed E-state index contributed by atoms with van der Waals surface area (Å²) >= 11 is 0. The molecule has 6 aromatic rings. The topological polar surface area (TPSA) is 217 Å². The van der Waals surface area contributed by atoms with Crippen molar-refractivity contribution in [3.8, 4) is 46.0 Å². The highest BCUT2D eigenvalue weighted by Gasteiger charge is 2.24. The maximum Gasteiger partial charge on any atom is 0.160 e. The van der Waals surface area contributed by atoms with Gasteiger partial charge in [0.05, 0.1) is 42.7 Å². The highest BCUT2D eigenvalue weighted by atomic mass is 16.5. The van der Waals surface area contributed by atoms with Crippen LogP contribution < -0.4 is 28.4 Å². The number of benzene rings is 6. The fourth-order valence-corrected chi connectivity index (χ4v) is 6.05. The summed E-state index contributed by atoms with van der Waals surface area (Å²) in [6.07, 6.45) is -6.43. The molecule has 6 atom stereocenters. The molecule has 14 heteroatoms. The number of ether oxygens (including phenoxy) is 6. The summed E-state index contributed by atoms with van der Waals surface area (Å²) in [4.78, 5) is 0. The predicted molar refractivity (Wildman–Crippen MR) is 231 cm³/mol. The first-order chi connectivity index (χ1) is 29.8. The Hall–Kier alpha value is -6.52. The molecule has 0 amide bonds. The number of methoxy groups -OCH3 is 6. The van der Waals surface area contributed by atoms with Gasteiger partial charge in [-0.05, 0) is 106 Å². The number of hydrogen-bond donors (Lipinski definition) is 8. The zero-order valence-electron chi connectivity index (χ0n) is 35.2. The second kappa shape index (κ2) is 23.5. The highest BCUT2D eigenvalue weighted by Crippen LogP contribution is 2.37. The fourth-order valence-electron chi connectivity index (χ4n) is 6.05. The standard InChI is InChI=1S/C16H18O6.2C16H18O4/c1-21-13-7-9(3-5-11(13)17)15(19)16(20)10-4-6-12(18)14(8-10)22-2;2*1-19-13-7-3-11(4-8-13)15(17)16(18)12-5-9-14(20-2)10-6-12/h3-8,15-20H,1-2H3;2*3-10,15-18H,1-2H3/t;15-,16+;. The van der Waals surface area contributed by atoms with Crippen LogP contribution in [0.2, 0.25) is 0 Å². The van der Waals surface area contributed by atoms with E-state index in [1.165, 1.54) is 50.6 Å². The van der Waals surface area contributed by atoms with E-state index in [2.05, 4.69) is 0 Å². The van der Waals surface area contributed by atoms with E-state index in [9.17, 15) is 40.9 Å². The first-order valence-corrected chi connectivity index (χ1v) is 19.2. The van der Waals surface area contributed by atoms with Gasteiger partial charge in [-0.25, -0.2) is 0 Å². The lowest BCUT2D eigenvalue weighted by molar-refractivity contribution is 0.0169. The van der Waals surface area contributed by atoms with E-state index in [1.807, 2.05) is 0 Å². The number of phenols is 2. The first-order valence-electron chi connectivity index (χ1n) is 19.2. The summed E-state index contributed by atoms with van der Waals surface area (Å²) < 4.78 is 30.2. The number of aliphatic hydroxyl groups is 6. The van der Waals surface area contributed by atoms with Crippen LogP contribution in [0, 0.1) is 0 Å². The van der Waals surface area contributed by atoms with Crippen LogP contribution >= 0.6 is 0 Å². The molecule has 0 saturated heterocycles. The molecule has 0 aromatic heterocycles. The van der Waals surface area contributed by atoms with Gasteiger partial charge in [0, 0.05) is 0 Å². The van der Waals surface area contributed by atoms with Crippen molar-refractivity contribution in [1.82, 2.24) is 0 Å². The van der Waals surface area contributed by atoms with Crippen molar-refractivity contribution in [2.45, 2.75) is 36.6 Å². The Labute approximate surface area is 360 Å². The zero-order valence-corrected chi connectivity index (χ0v) is 35.2. The summed E-state index contributed by atoms with van der Waals surface area (Å²) in [6.45, 7) is 0. The summed E-state index contributed by atoms with van der Waals surface area (Å²) in [5, 5.41) is 80.5. The van der Waals surface area contributed by atoms with Crippen LogP contribution in [0.5, 0.6) is 46.0 Å². The summed E-state index contributed by atoms with van der Waals surface area (Å²) in [6, 6.07) is 36.5. The quantitative estimate of drug-likeness (QED) is 0.0532. The average molecular weight is 855 g/mol. The van der Waals surface area contributed by atoms with Gasteiger partial charge in [-0.3, -0.25) is 0 Å². The molecule has 0 aliphatic heterocycles. The molecule has 330 valence electrons. The minimum Gasteiger partial charge on any atom is -0.504 e. The molecular weight excluding hydrogens is 801 g/mol. The second-order valence-corrected chi connectivity index (χ2v) is 13.6. The van der Waals surface area contributed by atoms with E-state index >= 15 is 0 Å². The van der Waals surface area contributed by atoms with Gasteiger partial charge in [-0.15, -0.1) is 0 Å². The third-order valence-corrected chi connectivity index (χ3v) is 9.82. The number of phenolic OH excluding ortho intramolecular Hbond substituents is 2. The van der Waals surface area contributed by atoms with Crippen molar-refractivity contribution in [1.29, 1.82) is 0 Å². The van der Waals surface area contributed by atoms with Crippen LogP contribution in [0.4, 0.5) is 0 Å². The Bertz CT molecular complexity index is 1970. The summed E-state index contributed by atoms with van der Waals surface area (Å²) in [5.74, 6) is 3.12. The van der Waals surface area contributed by atoms with Crippen LogP contribution in [0.15, 0.2) is 133 Å². The maximum absolute atomic E-state index is 10.3. The lowest BCUT2D eigenvalue weighted by Gasteiger charge is -2.20. The van der Waals surface area contributed by atoms with Crippen molar-refractivity contribution in [3.05, 3.63) is 167 Å². The average Bonchev–Trinajstić information content (AvgIpc) is 3.33. The van der Waals surface area contributed by atoms with Crippen LogP contribution in [-0.2, 0) is 0 Å². The van der Waals surface area contributed by atoms with Gasteiger partial charge in [0.15, 0.2) is 23.0 Å². The van der Waals surface area contributed by atoms with Crippen molar-refractivity contribution in [2.75, 3.05) is 42.7 Å². The Morgan fingerprint density at radius 1 is 0.274 bits per heavy atom. The first kappa shape index (κ1) is 48.1. The number of aliphatic hydroxyl groups excluding tert-OH is 6. The van der Waals surface area contributed by atoms with Gasteiger partial charge in [-0.1, -0.05) is 60.7 Å². The molecule has 0 fully saturated rings. The van der Waals surface area contributed by atoms with Crippen molar-refractivity contribution >= 4 is 0 Å². The molecule has 62 heavy (non-hydrogen) atoms. The Kier molecular flexibility index (Phi) is 18.2. The van der Waals surface area contributed by atoms with Crippen LogP contribution in [0.25, 0.3) is 0 Å². The minimum atomic E-state index is -1.23. The molecule has 0 aliphatic carbocycles. The Balaban J connectivity index is 0.000000205. The van der Waals surface area contributed by atoms with Gasteiger partial charge in [0.25, 0.3) is 0 Å². The van der Waals surface area contributed by atoms with E-state index < -0.39 is 36.6 Å². The molecule has 0 saturated carbocycles. The van der Waals surface area contributed by atoms with Crippen molar-refractivity contribution in [2.24, 2.45) is 0 Å². The van der Waals surface area contributed by atoms with E-state index in [0.29, 0.717) is 56.4 Å². The van der Waals surface area contributed by atoms with Gasteiger partial charge in [0.1, 0.15) is 59.6 Å². The molecule has 6 rings (SSSR count). The molecule has 4 unspecified atom stereocenters. The van der Waals surface area contributed by atoms with Crippen LogP contribution in [0.3, 0.4) is 0 Å². The molecule has 8 N–H and O–H groups in total. The monoisotopic (exact) mass is 854 g/mol. The Morgan fingerprint density at radius 2 is 0.468 bits per heavy atom. The second-order valence-electron chi connectivity index (χ2n) is 13.6. The SMILES string of the molecule is COc1cc(C(O)C(O)c2ccc(O)c(OC)c2)ccc1O.COc1ccc(C(O)C(O)c2ccc(OC)cc2)cc1.COc1ccc([C@@H](O)[C@@H](O)c2ccc(OC)cc2)cc1. The molecule has 0 heterocycles. The maximum atomic E-state index is 10.3. The van der Waals surface area contributed by atoms with Gasteiger partial charge < -0.3 is 69.3 Å². The number of hydrogen-bond acceptors (Lipinski definition) is 14. The molecule has 0 bridgehead atoms. The van der Waals surface area contributed by atoms with Crippen LogP contribution in [-0.4, -0.2) is 83.5 Å². The smallest absolute Gasteiger partial charge is 0.160 e. The van der Waals surface area contributed by atoms with Crippen LogP contribution in [0.1, 0.15) is 70.0 Å². The lowest BCUT2D eigenvalue weighted by Crippen LogP contribution is -2.10. The molecule has 6 aromatic carbocycles. The fraction of sp³-hybridized carbons (Fsp3) is 0.250. The van der Waals surface area contributed by atoms with Crippen molar-refractivity contribution < 1.29 is 69.3 Å². The van der Waals surface area contributed by atoms with E-state index in [4.69, 9.17) is 28.4 Å². The highest BCUT2D eigenvalue weighted by molar-refractivity contribution is 5.45. The third-order valence-electron chi connectivity index (χ3n) is 9.82. The third kappa shape index (κ3) is 12.8. The zero-order chi connectivity index (χ0) is 45.3. The van der Waals surface area contributed by atoms with Crippen molar-refractivity contribution in [3.63, 3.8) is 0 Å². The summed E-state index contributed by atoms with van der Waals surface area (Å²) in [7, 11) is 9.11. The van der Waals surface area contributed by atoms with Gasteiger partial charge in [0.2, 0.25) is 0 Å².